The summed E-state index contributed by atoms with van der Waals surface area (Å²) in [5, 5.41) is 11.3. The van der Waals surface area contributed by atoms with Gasteiger partial charge in [-0.3, -0.25) is 4.79 Å². The zero-order valence-corrected chi connectivity index (χ0v) is 18.5. The van der Waals surface area contributed by atoms with Crippen molar-refractivity contribution in [3.05, 3.63) is 48.3 Å². The fourth-order valence-electron chi connectivity index (χ4n) is 4.64. The van der Waals surface area contributed by atoms with E-state index in [1.54, 1.807) is 6.20 Å². The molecule has 31 heavy (non-hydrogen) atoms. The summed E-state index contributed by atoms with van der Waals surface area (Å²) in [4.78, 5) is 19.7. The molecule has 2 aliphatic rings. The lowest BCUT2D eigenvalue weighted by molar-refractivity contribution is -0.135. The molecule has 2 aromatic rings. The molecule has 1 atom stereocenters. The highest BCUT2D eigenvalue weighted by Crippen LogP contribution is 2.26. The van der Waals surface area contributed by atoms with E-state index in [-0.39, 0.29) is 12.0 Å². The van der Waals surface area contributed by atoms with Gasteiger partial charge in [-0.1, -0.05) is 37.5 Å². The first-order valence-corrected chi connectivity index (χ1v) is 11.7. The molecule has 7 nitrogen and oxygen atoms in total. The van der Waals surface area contributed by atoms with E-state index in [0.29, 0.717) is 12.5 Å². The van der Waals surface area contributed by atoms with Crippen LogP contribution < -0.4 is 10.6 Å². The number of aliphatic imine (C=N–C) groups is 1. The molecule has 4 rings (SSSR count). The molecule has 1 aliphatic carbocycles. The molecule has 7 heteroatoms. The standard InChI is InChI=1S/C24H34N6O/c1-2-25-24(26-17-20-11-6-7-12-22(20)30-15-8-14-27-30)28-21-13-16-29(18-21)23(31)19-9-4-3-5-10-19/h6-8,11-12,14-15,19,21H,2-5,9-10,13,16-18H2,1H3,(H2,25,26,28). The van der Waals surface area contributed by atoms with Crippen LogP contribution >= 0.6 is 0 Å². The molecule has 1 saturated carbocycles. The van der Waals surface area contributed by atoms with Crippen LogP contribution in [0.5, 0.6) is 0 Å². The van der Waals surface area contributed by atoms with E-state index in [1.807, 2.05) is 29.1 Å². The molecule has 1 aliphatic heterocycles. The number of nitrogens with one attached hydrogen (secondary N) is 2. The van der Waals surface area contributed by atoms with Crippen molar-refractivity contribution in [1.29, 1.82) is 0 Å². The molecule has 1 amide bonds. The Morgan fingerprint density at radius 3 is 2.77 bits per heavy atom. The van der Waals surface area contributed by atoms with Gasteiger partial charge in [0.25, 0.3) is 0 Å². The first-order valence-electron chi connectivity index (χ1n) is 11.7. The predicted molar refractivity (Wildman–Crippen MR) is 123 cm³/mol. The van der Waals surface area contributed by atoms with Crippen LogP contribution in [-0.2, 0) is 11.3 Å². The Kier molecular flexibility index (Phi) is 7.22. The Hall–Kier alpha value is -2.83. The summed E-state index contributed by atoms with van der Waals surface area (Å²) in [5.74, 6) is 1.40. The minimum atomic E-state index is 0.242. The van der Waals surface area contributed by atoms with Gasteiger partial charge in [0.2, 0.25) is 5.91 Å². The average Bonchev–Trinajstić information content (AvgIpc) is 3.50. The van der Waals surface area contributed by atoms with Gasteiger partial charge in [-0.2, -0.15) is 5.10 Å². The van der Waals surface area contributed by atoms with Crippen molar-refractivity contribution in [2.24, 2.45) is 10.9 Å². The van der Waals surface area contributed by atoms with Crippen molar-refractivity contribution < 1.29 is 4.79 Å². The van der Waals surface area contributed by atoms with Crippen molar-refractivity contribution in [3.63, 3.8) is 0 Å². The van der Waals surface area contributed by atoms with E-state index < -0.39 is 0 Å². The number of benzene rings is 1. The normalized spacial score (nSPS) is 20.1. The van der Waals surface area contributed by atoms with Gasteiger partial charge in [-0.05, 0) is 43.9 Å². The van der Waals surface area contributed by atoms with Crippen molar-refractivity contribution in [1.82, 2.24) is 25.3 Å². The number of carbonyl (C=O) groups is 1. The molecule has 0 radical (unpaired) electrons. The summed E-state index contributed by atoms with van der Waals surface area (Å²) in [5.41, 5.74) is 2.15. The lowest BCUT2D eigenvalue weighted by atomic mass is 9.88. The topological polar surface area (TPSA) is 74.6 Å². The number of rotatable bonds is 6. The Morgan fingerprint density at radius 2 is 2.00 bits per heavy atom. The number of likely N-dealkylation sites (tertiary alicyclic amines) is 1. The van der Waals surface area contributed by atoms with Gasteiger partial charge in [0.05, 0.1) is 12.2 Å². The minimum absolute atomic E-state index is 0.242. The van der Waals surface area contributed by atoms with Gasteiger partial charge < -0.3 is 15.5 Å². The van der Waals surface area contributed by atoms with E-state index in [2.05, 4.69) is 39.7 Å². The van der Waals surface area contributed by atoms with Crippen molar-refractivity contribution in [2.75, 3.05) is 19.6 Å². The maximum Gasteiger partial charge on any atom is 0.225 e. The smallest absolute Gasteiger partial charge is 0.225 e. The third-order valence-electron chi connectivity index (χ3n) is 6.29. The van der Waals surface area contributed by atoms with Crippen LogP contribution in [0.25, 0.3) is 5.69 Å². The van der Waals surface area contributed by atoms with Crippen molar-refractivity contribution in [3.8, 4) is 5.69 Å². The molecule has 1 aromatic heterocycles. The summed E-state index contributed by atoms with van der Waals surface area (Å²) in [6.45, 7) is 5.04. The van der Waals surface area contributed by atoms with Crippen LogP contribution in [0, 0.1) is 5.92 Å². The Morgan fingerprint density at radius 1 is 1.16 bits per heavy atom. The molecular weight excluding hydrogens is 388 g/mol. The number of carbonyl (C=O) groups excluding carboxylic acids is 1. The predicted octanol–water partition coefficient (Wildman–Crippen LogP) is 3.11. The third-order valence-corrected chi connectivity index (χ3v) is 6.29. The maximum absolute atomic E-state index is 12.9. The Labute approximate surface area is 184 Å². The SMILES string of the molecule is CCNC(=NCc1ccccc1-n1cccn1)NC1CCN(C(=O)C2CCCCC2)C1. The second-order valence-corrected chi connectivity index (χ2v) is 8.52. The summed E-state index contributed by atoms with van der Waals surface area (Å²) in [6, 6.07) is 10.4. The molecule has 1 unspecified atom stereocenters. The summed E-state index contributed by atoms with van der Waals surface area (Å²) >= 11 is 0. The molecule has 2 fully saturated rings. The highest BCUT2D eigenvalue weighted by Gasteiger charge is 2.31. The summed E-state index contributed by atoms with van der Waals surface area (Å²) < 4.78 is 1.87. The van der Waals surface area contributed by atoms with Gasteiger partial charge in [0.15, 0.2) is 5.96 Å². The second-order valence-electron chi connectivity index (χ2n) is 8.52. The monoisotopic (exact) mass is 422 g/mol. The molecule has 0 bridgehead atoms. The van der Waals surface area contributed by atoms with E-state index in [1.165, 1.54) is 19.3 Å². The molecule has 1 saturated heterocycles. The second kappa shape index (κ2) is 10.5. The highest BCUT2D eigenvalue weighted by molar-refractivity contribution is 5.81. The lowest BCUT2D eigenvalue weighted by Gasteiger charge is -2.26. The highest BCUT2D eigenvalue weighted by atomic mass is 16.2. The number of hydrogen-bond donors (Lipinski definition) is 2. The van der Waals surface area contributed by atoms with E-state index >= 15 is 0 Å². The number of hydrogen-bond acceptors (Lipinski definition) is 3. The van der Waals surface area contributed by atoms with Crippen LogP contribution in [0.4, 0.5) is 0 Å². The van der Waals surface area contributed by atoms with E-state index in [0.717, 1.165) is 56.1 Å². The van der Waals surface area contributed by atoms with Gasteiger partial charge in [-0.25, -0.2) is 9.67 Å². The van der Waals surface area contributed by atoms with Gasteiger partial charge >= 0.3 is 0 Å². The van der Waals surface area contributed by atoms with Crippen LogP contribution in [-0.4, -0.2) is 52.2 Å². The minimum Gasteiger partial charge on any atom is -0.357 e. The van der Waals surface area contributed by atoms with Crippen LogP contribution in [0.1, 0.15) is 51.0 Å². The number of para-hydroxylation sites is 1. The van der Waals surface area contributed by atoms with Crippen LogP contribution in [0.15, 0.2) is 47.7 Å². The first kappa shape index (κ1) is 21.4. The Balaban J connectivity index is 1.37. The summed E-state index contributed by atoms with van der Waals surface area (Å²) in [6.07, 6.45) is 10.5. The molecular formula is C24H34N6O. The number of aromatic nitrogens is 2. The fourth-order valence-corrected chi connectivity index (χ4v) is 4.64. The molecule has 2 N–H and O–H groups in total. The molecule has 2 heterocycles. The van der Waals surface area contributed by atoms with Crippen molar-refractivity contribution in [2.45, 2.75) is 58.0 Å². The van der Waals surface area contributed by atoms with Crippen LogP contribution in [0.2, 0.25) is 0 Å². The first-order chi connectivity index (χ1) is 15.2. The van der Waals surface area contributed by atoms with E-state index in [9.17, 15) is 4.79 Å². The lowest BCUT2D eigenvalue weighted by Crippen LogP contribution is -2.45. The maximum atomic E-state index is 12.9. The van der Waals surface area contributed by atoms with E-state index in [4.69, 9.17) is 4.99 Å². The number of amides is 1. The van der Waals surface area contributed by atoms with Crippen LogP contribution in [0.3, 0.4) is 0 Å². The Bertz CT molecular complexity index is 872. The number of guanidine groups is 1. The zero-order chi connectivity index (χ0) is 21.5. The summed E-state index contributed by atoms with van der Waals surface area (Å²) in [7, 11) is 0. The van der Waals surface area contributed by atoms with Crippen molar-refractivity contribution >= 4 is 11.9 Å². The fraction of sp³-hybridized carbons (Fsp3) is 0.542. The zero-order valence-electron chi connectivity index (χ0n) is 18.5. The molecule has 166 valence electrons. The quantitative estimate of drug-likeness (QED) is 0.554. The van der Waals surface area contributed by atoms with Gasteiger partial charge in [0, 0.05) is 44.0 Å². The molecule has 0 spiro atoms. The third kappa shape index (κ3) is 5.46. The largest absolute Gasteiger partial charge is 0.357 e. The van der Waals surface area contributed by atoms with Gasteiger partial charge in [-0.15, -0.1) is 0 Å². The number of nitrogens with zero attached hydrogens (tertiary/aromatic N) is 4. The van der Waals surface area contributed by atoms with Gasteiger partial charge in [0.1, 0.15) is 0 Å². The molecule has 1 aromatic carbocycles. The average molecular weight is 423 g/mol.